The van der Waals surface area contributed by atoms with Gasteiger partial charge in [0, 0.05) is 18.3 Å². The summed E-state index contributed by atoms with van der Waals surface area (Å²) < 4.78 is 0. The highest BCUT2D eigenvalue weighted by Crippen LogP contribution is 2.17. The Balaban J connectivity index is 2.27. The lowest BCUT2D eigenvalue weighted by Crippen LogP contribution is -2.21. The summed E-state index contributed by atoms with van der Waals surface area (Å²) in [6.45, 7) is 6.77. The van der Waals surface area contributed by atoms with Crippen molar-refractivity contribution in [2.24, 2.45) is 15.9 Å². The van der Waals surface area contributed by atoms with Crippen LogP contribution in [0.15, 0.2) is 58.1 Å². The molecule has 2 nitrogen and oxygen atoms in total. The van der Waals surface area contributed by atoms with Gasteiger partial charge in [0.1, 0.15) is 0 Å². The lowest BCUT2D eigenvalue weighted by molar-refractivity contribution is 0.593. The minimum atomic E-state index is 0.233. The van der Waals surface area contributed by atoms with E-state index in [4.69, 9.17) is 0 Å². The van der Waals surface area contributed by atoms with E-state index in [1.807, 2.05) is 31.5 Å². The van der Waals surface area contributed by atoms with Gasteiger partial charge in [0.05, 0.1) is 12.6 Å². The molecule has 2 atom stereocenters. The molecule has 2 rings (SSSR count). The molecule has 0 saturated carbocycles. The van der Waals surface area contributed by atoms with Gasteiger partial charge in [-0.3, -0.25) is 9.98 Å². The molecule has 2 aliphatic rings. The van der Waals surface area contributed by atoms with Crippen LogP contribution in [0.1, 0.15) is 6.92 Å². The lowest BCUT2D eigenvalue weighted by Gasteiger charge is -2.19. The van der Waals surface area contributed by atoms with Gasteiger partial charge in [-0.15, -0.1) is 0 Å². The summed E-state index contributed by atoms with van der Waals surface area (Å²) in [6.07, 6.45) is 14.2. The normalized spacial score (nSPS) is 36.1. The molecule has 0 aromatic carbocycles. The van der Waals surface area contributed by atoms with Crippen molar-refractivity contribution in [1.29, 1.82) is 0 Å². The van der Waals surface area contributed by atoms with Crippen molar-refractivity contribution >= 4 is 12.4 Å². The summed E-state index contributed by atoms with van der Waals surface area (Å²) >= 11 is 0. The van der Waals surface area contributed by atoms with E-state index in [0.717, 1.165) is 17.7 Å². The fraction of sp³-hybridized carbons (Fsp3) is 0.286. The zero-order valence-electron chi connectivity index (χ0n) is 9.50. The predicted octanol–water partition coefficient (Wildman–Crippen LogP) is 2.75. The maximum Gasteiger partial charge on any atom is 0.0791 e. The summed E-state index contributed by atoms with van der Waals surface area (Å²) in [6, 6.07) is 0.233. The first-order valence-corrected chi connectivity index (χ1v) is 5.51. The van der Waals surface area contributed by atoms with E-state index < -0.39 is 0 Å². The number of hydrogen-bond acceptors (Lipinski definition) is 2. The van der Waals surface area contributed by atoms with Crippen LogP contribution in [0.4, 0.5) is 0 Å². The largest absolute Gasteiger partial charge is 0.291 e. The number of aliphatic imine (C=N–C) groups is 2. The second-order valence-electron chi connectivity index (χ2n) is 4.14. The summed E-state index contributed by atoms with van der Waals surface area (Å²) in [5.74, 6) is 0.339. The summed E-state index contributed by atoms with van der Waals surface area (Å²) in [7, 11) is 0. The quantitative estimate of drug-likeness (QED) is 0.590. The van der Waals surface area contributed by atoms with Gasteiger partial charge in [-0.2, -0.15) is 0 Å². The van der Waals surface area contributed by atoms with Crippen molar-refractivity contribution in [3.63, 3.8) is 0 Å². The number of fused-ring (bicyclic) bond motifs is 1. The van der Waals surface area contributed by atoms with Crippen LogP contribution >= 0.6 is 0 Å². The number of rotatable bonds is 0. The first-order chi connectivity index (χ1) is 7.75. The zero-order valence-corrected chi connectivity index (χ0v) is 9.50. The molecule has 0 saturated heterocycles. The summed E-state index contributed by atoms with van der Waals surface area (Å²) in [4.78, 5) is 8.87. The highest BCUT2D eigenvalue weighted by Gasteiger charge is 2.16. The van der Waals surface area contributed by atoms with Crippen molar-refractivity contribution in [2.45, 2.75) is 13.0 Å². The number of dihydropyridines is 1. The van der Waals surface area contributed by atoms with Crippen molar-refractivity contribution in [3.8, 4) is 0 Å². The molecule has 0 aliphatic carbocycles. The van der Waals surface area contributed by atoms with E-state index in [2.05, 4.69) is 34.8 Å². The molecular weight excluding hydrogens is 196 g/mol. The van der Waals surface area contributed by atoms with Gasteiger partial charge in [-0.1, -0.05) is 30.9 Å². The Kier molecular flexibility index (Phi) is 3.30. The Labute approximate surface area is 96.5 Å². The van der Waals surface area contributed by atoms with E-state index in [9.17, 15) is 0 Å². The third kappa shape index (κ3) is 2.66. The van der Waals surface area contributed by atoms with Crippen LogP contribution in [0, 0.1) is 5.92 Å². The average molecular weight is 212 g/mol. The molecule has 2 heterocycles. The molecule has 0 fully saturated rings. The third-order valence-electron chi connectivity index (χ3n) is 2.67. The molecule has 0 amide bonds. The summed E-state index contributed by atoms with van der Waals surface area (Å²) in [5, 5.41) is 0. The van der Waals surface area contributed by atoms with E-state index in [-0.39, 0.29) is 6.04 Å². The molecule has 0 aromatic rings. The van der Waals surface area contributed by atoms with Gasteiger partial charge >= 0.3 is 0 Å². The first-order valence-electron chi connectivity index (χ1n) is 5.51. The van der Waals surface area contributed by atoms with Crippen molar-refractivity contribution in [2.75, 3.05) is 6.54 Å². The van der Waals surface area contributed by atoms with E-state index in [1.165, 1.54) is 0 Å². The average Bonchev–Trinajstić information content (AvgIpc) is 2.27. The molecule has 0 aromatic heterocycles. The molecule has 2 unspecified atom stereocenters. The fourth-order valence-electron chi connectivity index (χ4n) is 1.84. The minimum absolute atomic E-state index is 0.233. The monoisotopic (exact) mass is 212 g/mol. The zero-order chi connectivity index (χ0) is 11.4. The Hall–Kier alpha value is -1.70. The van der Waals surface area contributed by atoms with Gasteiger partial charge in [-0.05, 0) is 24.1 Å². The Morgan fingerprint density at radius 1 is 1.38 bits per heavy atom. The SMILES string of the molecule is C=C1/C=C\C2C=CC=NC2C/N=C\C(C)=C/1. The standard InChI is InChI=1S/C14H16N2/c1-11-5-6-13-4-3-7-16-14(13)10-15-9-12(2)8-11/h3-9,13-14H,1,10H2,2H3/b6-5-,12-8-,15-9-. The Morgan fingerprint density at radius 2 is 2.25 bits per heavy atom. The van der Waals surface area contributed by atoms with Gasteiger partial charge in [-0.25, -0.2) is 0 Å². The fourth-order valence-corrected chi connectivity index (χ4v) is 1.84. The maximum absolute atomic E-state index is 4.45. The van der Waals surface area contributed by atoms with E-state index >= 15 is 0 Å². The van der Waals surface area contributed by atoms with Crippen LogP contribution in [0.3, 0.4) is 0 Å². The molecule has 16 heavy (non-hydrogen) atoms. The van der Waals surface area contributed by atoms with Gasteiger partial charge in [0.25, 0.3) is 0 Å². The third-order valence-corrected chi connectivity index (χ3v) is 2.67. The van der Waals surface area contributed by atoms with E-state index in [1.54, 1.807) is 0 Å². The highest BCUT2D eigenvalue weighted by atomic mass is 14.9. The molecule has 0 N–H and O–H groups in total. The second kappa shape index (κ2) is 4.88. The molecule has 0 spiro atoms. The molecule has 2 aliphatic heterocycles. The highest BCUT2D eigenvalue weighted by molar-refractivity contribution is 5.79. The molecular formula is C14H16N2. The number of allylic oxidation sites excluding steroid dienone is 5. The predicted molar refractivity (Wildman–Crippen MR) is 70.3 cm³/mol. The van der Waals surface area contributed by atoms with Crippen molar-refractivity contribution in [1.82, 2.24) is 0 Å². The van der Waals surface area contributed by atoms with Gasteiger partial charge in [0.15, 0.2) is 0 Å². The van der Waals surface area contributed by atoms with Crippen LogP contribution < -0.4 is 0 Å². The van der Waals surface area contributed by atoms with Gasteiger partial charge in [0.2, 0.25) is 0 Å². The number of nitrogens with zero attached hydrogens (tertiary/aromatic N) is 2. The number of hydrogen-bond donors (Lipinski definition) is 0. The van der Waals surface area contributed by atoms with Crippen molar-refractivity contribution in [3.05, 3.63) is 48.1 Å². The lowest BCUT2D eigenvalue weighted by atomic mass is 9.96. The van der Waals surface area contributed by atoms with Crippen LogP contribution in [-0.4, -0.2) is 25.0 Å². The van der Waals surface area contributed by atoms with Crippen LogP contribution in [0.2, 0.25) is 0 Å². The van der Waals surface area contributed by atoms with Crippen LogP contribution in [0.25, 0.3) is 0 Å². The summed E-state index contributed by atoms with van der Waals surface area (Å²) in [5.41, 5.74) is 2.14. The first kappa shape index (κ1) is 10.8. The topological polar surface area (TPSA) is 24.7 Å². The van der Waals surface area contributed by atoms with Crippen LogP contribution in [0.5, 0.6) is 0 Å². The smallest absolute Gasteiger partial charge is 0.0791 e. The molecule has 2 heteroatoms. The van der Waals surface area contributed by atoms with E-state index in [0.29, 0.717) is 5.92 Å². The van der Waals surface area contributed by atoms with Crippen molar-refractivity contribution < 1.29 is 0 Å². The molecule has 0 radical (unpaired) electrons. The maximum atomic E-state index is 4.45. The van der Waals surface area contributed by atoms with Gasteiger partial charge < -0.3 is 0 Å². The Bertz CT molecular complexity index is 422. The van der Waals surface area contributed by atoms with Crippen LogP contribution in [-0.2, 0) is 0 Å². The molecule has 0 bridgehead atoms. The minimum Gasteiger partial charge on any atom is -0.291 e. The molecule has 82 valence electrons. The second-order valence-corrected chi connectivity index (χ2v) is 4.14. The Morgan fingerprint density at radius 3 is 3.12 bits per heavy atom.